The molecule has 2 rings (SSSR count). The van der Waals surface area contributed by atoms with Crippen LogP contribution in [0.2, 0.25) is 0 Å². The van der Waals surface area contributed by atoms with Gasteiger partial charge in [-0.15, -0.1) is 0 Å². The maximum Gasteiger partial charge on any atom is 0.351 e. The Hall–Kier alpha value is -1.70. The molecule has 0 aliphatic carbocycles. The third-order valence-corrected chi connectivity index (χ3v) is 2.98. The maximum atomic E-state index is 11.7. The Morgan fingerprint density at radius 2 is 2.22 bits per heavy atom. The van der Waals surface area contributed by atoms with E-state index in [1.54, 1.807) is 6.92 Å². The first kappa shape index (κ1) is 12.7. The topological polar surface area (TPSA) is 111 Å². The van der Waals surface area contributed by atoms with Crippen LogP contribution >= 0.6 is 0 Å². The number of anilines is 1. The lowest BCUT2D eigenvalue weighted by Crippen LogP contribution is -2.35. The molecule has 0 amide bonds. The Morgan fingerprint density at radius 3 is 2.72 bits per heavy atom. The zero-order valence-corrected chi connectivity index (χ0v) is 9.85. The molecule has 18 heavy (non-hydrogen) atoms. The Morgan fingerprint density at radius 1 is 1.56 bits per heavy atom. The van der Waals surface area contributed by atoms with Crippen molar-refractivity contribution < 1.29 is 14.9 Å². The molecule has 0 saturated carbocycles. The van der Waals surface area contributed by atoms with Gasteiger partial charge >= 0.3 is 5.69 Å². The lowest BCUT2D eigenvalue weighted by Gasteiger charge is -2.17. The van der Waals surface area contributed by atoms with E-state index in [-0.39, 0.29) is 5.82 Å². The number of aliphatic hydroxyl groups excluding tert-OH is 2. The Bertz CT molecular complexity index is 528. The molecule has 4 N–H and O–H groups in total. The minimum Gasteiger partial charge on any atom is -0.388 e. The summed E-state index contributed by atoms with van der Waals surface area (Å²) in [7, 11) is 0. The van der Waals surface area contributed by atoms with E-state index < -0.39 is 30.2 Å². The van der Waals surface area contributed by atoms with Gasteiger partial charge in [-0.3, -0.25) is 4.57 Å². The second-order valence-electron chi connectivity index (χ2n) is 4.19. The van der Waals surface area contributed by atoms with Crippen LogP contribution in [0, 0.1) is 0 Å². The van der Waals surface area contributed by atoms with Gasteiger partial charge in [-0.05, 0) is 6.92 Å². The predicted molar refractivity (Wildman–Crippen MR) is 64.6 cm³/mol. The number of nitrogens with two attached hydrogens (primary N) is 1. The molecule has 2 unspecified atom stereocenters. The van der Waals surface area contributed by atoms with Gasteiger partial charge in [0, 0.05) is 11.8 Å². The van der Waals surface area contributed by atoms with Gasteiger partial charge < -0.3 is 20.7 Å². The fourth-order valence-electron chi connectivity index (χ4n) is 1.89. The highest BCUT2D eigenvalue weighted by Gasteiger charge is 2.41. The standard InChI is InChI=1S/C11H15N3O4/c1-3-6-4-14(11(17)13-9(6)12)10-8(16)7(15)5(2)18-10/h3-5,7-8,10,15-16H,1H2,2H3,(H2,12,13,17)/t5-,7?,8?,10-/m1/s1. The van der Waals surface area contributed by atoms with Gasteiger partial charge in [-0.1, -0.05) is 12.7 Å². The van der Waals surface area contributed by atoms with E-state index in [0.29, 0.717) is 5.56 Å². The van der Waals surface area contributed by atoms with Gasteiger partial charge in [0.1, 0.15) is 18.0 Å². The van der Waals surface area contributed by atoms with Crippen LogP contribution in [0.25, 0.3) is 6.08 Å². The van der Waals surface area contributed by atoms with Crippen LogP contribution in [0.1, 0.15) is 18.7 Å². The summed E-state index contributed by atoms with van der Waals surface area (Å²) in [5.74, 6) is 0.0623. The molecule has 1 aromatic heterocycles. The quantitative estimate of drug-likeness (QED) is 0.630. The number of rotatable bonds is 2. The zero-order valence-electron chi connectivity index (χ0n) is 9.85. The van der Waals surface area contributed by atoms with Crippen molar-refractivity contribution in [3.8, 4) is 0 Å². The van der Waals surface area contributed by atoms with E-state index in [0.717, 1.165) is 4.57 Å². The number of nitrogen functional groups attached to an aromatic ring is 1. The van der Waals surface area contributed by atoms with Gasteiger partial charge in [-0.25, -0.2) is 4.79 Å². The predicted octanol–water partition coefficient (Wildman–Crippen LogP) is -0.892. The Balaban J connectivity index is 2.46. The molecule has 0 spiro atoms. The summed E-state index contributed by atoms with van der Waals surface area (Å²) in [6.07, 6.45) is -0.946. The first-order valence-corrected chi connectivity index (χ1v) is 5.48. The number of aromatic nitrogens is 2. The van der Waals surface area contributed by atoms with Crippen molar-refractivity contribution in [2.45, 2.75) is 31.5 Å². The van der Waals surface area contributed by atoms with E-state index in [4.69, 9.17) is 10.5 Å². The largest absolute Gasteiger partial charge is 0.388 e. The lowest BCUT2D eigenvalue weighted by atomic mass is 10.1. The number of hydrogen-bond donors (Lipinski definition) is 3. The van der Waals surface area contributed by atoms with Gasteiger partial charge in [0.05, 0.1) is 6.10 Å². The van der Waals surface area contributed by atoms with Gasteiger partial charge in [0.15, 0.2) is 6.23 Å². The van der Waals surface area contributed by atoms with E-state index >= 15 is 0 Å². The average Bonchev–Trinajstić information content (AvgIpc) is 2.57. The SMILES string of the molecule is C=Cc1cn([C@@H]2O[C@H](C)C(O)C2O)c(=O)nc1N. The van der Waals surface area contributed by atoms with Crippen molar-refractivity contribution in [1.29, 1.82) is 0 Å². The molecular formula is C11H15N3O4. The smallest absolute Gasteiger partial charge is 0.351 e. The summed E-state index contributed by atoms with van der Waals surface area (Å²) in [4.78, 5) is 15.3. The van der Waals surface area contributed by atoms with Crippen molar-refractivity contribution in [2.75, 3.05) is 5.73 Å². The number of aliphatic hydroxyl groups is 2. The maximum absolute atomic E-state index is 11.7. The van der Waals surface area contributed by atoms with Crippen LogP contribution in [0.15, 0.2) is 17.6 Å². The summed E-state index contributed by atoms with van der Waals surface area (Å²) < 4.78 is 6.44. The van der Waals surface area contributed by atoms with Gasteiger partial charge in [0.2, 0.25) is 0 Å². The van der Waals surface area contributed by atoms with E-state index in [9.17, 15) is 15.0 Å². The molecule has 2 heterocycles. The molecule has 0 radical (unpaired) electrons. The third kappa shape index (κ3) is 1.92. The van der Waals surface area contributed by atoms with E-state index in [2.05, 4.69) is 11.6 Å². The van der Waals surface area contributed by atoms with Crippen molar-refractivity contribution in [3.05, 3.63) is 28.8 Å². The number of nitrogens with zero attached hydrogens (tertiary/aromatic N) is 2. The molecule has 7 heteroatoms. The van der Waals surface area contributed by atoms with E-state index in [1.165, 1.54) is 12.3 Å². The Labute approximate surface area is 103 Å². The van der Waals surface area contributed by atoms with Crippen LogP contribution in [0.3, 0.4) is 0 Å². The monoisotopic (exact) mass is 253 g/mol. The second-order valence-corrected chi connectivity index (χ2v) is 4.19. The molecule has 0 bridgehead atoms. The van der Waals surface area contributed by atoms with Crippen LogP contribution in [-0.2, 0) is 4.74 Å². The van der Waals surface area contributed by atoms with Crippen LogP contribution in [-0.4, -0.2) is 38.1 Å². The second kappa shape index (κ2) is 4.52. The number of ether oxygens (including phenoxy) is 1. The fourth-order valence-corrected chi connectivity index (χ4v) is 1.89. The summed E-state index contributed by atoms with van der Waals surface area (Å²) in [6.45, 7) is 5.16. The van der Waals surface area contributed by atoms with Crippen molar-refractivity contribution in [1.82, 2.24) is 9.55 Å². The zero-order chi connectivity index (χ0) is 13.4. The summed E-state index contributed by atoms with van der Waals surface area (Å²) >= 11 is 0. The molecule has 7 nitrogen and oxygen atoms in total. The Kier molecular flexibility index (Phi) is 3.20. The van der Waals surface area contributed by atoms with Crippen molar-refractivity contribution in [2.24, 2.45) is 0 Å². The van der Waals surface area contributed by atoms with Crippen LogP contribution < -0.4 is 11.4 Å². The normalized spacial score (nSPS) is 31.5. The highest BCUT2D eigenvalue weighted by molar-refractivity contribution is 5.57. The minimum atomic E-state index is -1.19. The first-order chi connectivity index (χ1) is 8.45. The van der Waals surface area contributed by atoms with E-state index in [1.807, 2.05) is 0 Å². The van der Waals surface area contributed by atoms with Crippen molar-refractivity contribution in [3.63, 3.8) is 0 Å². The molecule has 1 fully saturated rings. The molecule has 1 aromatic rings. The lowest BCUT2D eigenvalue weighted by molar-refractivity contribution is -0.0350. The van der Waals surface area contributed by atoms with Crippen molar-refractivity contribution >= 4 is 11.9 Å². The number of hydrogen-bond acceptors (Lipinski definition) is 6. The first-order valence-electron chi connectivity index (χ1n) is 5.48. The summed E-state index contributed by atoms with van der Waals surface area (Å²) in [6, 6.07) is 0. The van der Waals surface area contributed by atoms with Gasteiger partial charge in [-0.2, -0.15) is 4.98 Å². The molecule has 1 aliphatic heterocycles. The highest BCUT2D eigenvalue weighted by Crippen LogP contribution is 2.28. The molecule has 0 aromatic carbocycles. The fraction of sp³-hybridized carbons (Fsp3) is 0.455. The minimum absolute atomic E-state index is 0.0623. The average molecular weight is 253 g/mol. The van der Waals surface area contributed by atoms with Gasteiger partial charge in [0.25, 0.3) is 0 Å². The molecule has 1 saturated heterocycles. The molecule has 98 valence electrons. The molecule has 1 aliphatic rings. The summed E-state index contributed by atoms with van der Waals surface area (Å²) in [5, 5.41) is 19.4. The highest BCUT2D eigenvalue weighted by atomic mass is 16.6. The third-order valence-electron chi connectivity index (χ3n) is 2.98. The summed E-state index contributed by atoms with van der Waals surface area (Å²) in [5.41, 5.74) is 5.35. The molecule has 4 atom stereocenters. The van der Waals surface area contributed by atoms with Crippen LogP contribution in [0.4, 0.5) is 5.82 Å². The van der Waals surface area contributed by atoms with Crippen LogP contribution in [0.5, 0.6) is 0 Å². The molecular weight excluding hydrogens is 238 g/mol.